The third-order valence-electron chi connectivity index (χ3n) is 9.00. The summed E-state index contributed by atoms with van der Waals surface area (Å²) in [6.07, 6.45) is 15.6. The summed E-state index contributed by atoms with van der Waals surface area (Å²) < 4.78 is 10.8. The van der Waals surface area contributed by atoms with Gasteiger partial charge >= 0.3 is 0 Å². The van der Waals surface area contributed by atoms with Crippen molar-refractivity contribution in [1.82, 2.24) is 0 Å². The molecule has 36 heavy (non-hydrogen) atoms. The van der Waals surface area contributed by atoms with Crippen LogP contribution in [0.1, 0.15) is 61.6 Å². The predicted molar refractivity (Wildman–Crippen MR) is 147 cm³/mol. The van der Waals surface area contributed by atoms with Gasteiger partial charge in [0.2, 0.25) is 0 Å². The van der Waals surface area contributed by atoms with Crippen LogP contribution in [-0.4, -0.2) is 38.7 Å². The summed E-state index contributed by atoms with van der Waals surface area (Å²) in [5, 5.41) is 10.1. The lowest BCUT2D eigenvalue weighted by Gasteiger charge is -2.45. The van der Waals surface area contributed by atoms with E-state index in [9.17, 15) is 5.11 Å². The van der Waals surface area contributed by atoms with Crippen molar-refractivity contribution in [3.8, 4) is 5.75 Å². The highest BCUT2D eigenvalue weighted by Crippen LogP contribution is 2.52. The number of ether oxygens (including phenoxy) is 2. The predicted octanol–water partition coefficient (Wildman–Crippen LogP) is 6.83. The number of benzene rings is 2. The number of rotatable bonds is 7. The molecule has 0 radical (unpaired) electrons. The molecule has 3 atom stereocenters. The van der Waals surface area contributed by atoms with Crippen molar-refractivity contribution < 1.29 is 14.6 Å². The Bertz CT molecular complexity index is 1080. The van der Waals surface area contributed by atoms with Crippen LogP contribution in [0.5, 0.6) is 5.75 Å². The molecule has 5 rings (SSSR count). The Morgan fingerprint density at radius 2 is 1.75 bits per heavy atom. The molecular formula is C32H41NO3. The molecule has 0 saturated carbocycles. The molecule has 0 aromatic heterocycles. The van der Waals surface area contributed by atoms with E-state index >= 15 is 0 Å². The van der Waals surface area contributed by atoms with E-state index in [0.29, 0.717) is 23.5 Å². The molecule has 1 aliphatic heterocycles. The van der Waals surface area contributed by atoms with Gasteiger partial charge in [0.25, 0.3) is 0 Å². The van der Waals surface area contributed by atoms with Crippen molar-refractivity contribution in [2.45, 2.75) is 57.7 Å². The number of aryl methyl sites for hydroxylation is 1. The first-order valence-electron chi connectivity index (χ1n) is 13.6. The van der Waals surface area contributed by atoms with E-state index in [0.717, 1.165) is 38.8 Å². The highest BCUT2D eigenvalue weighted by Gasteiger charge is 2.41. The molecule has 4 heteroatoms. The topological polar surface area (TPSA) is 41.9 Å². The van der Waals surface area contributed by atoms with Crippen molar-refractivity contribution in [2.24, 2.45) is 17.3 Å². The minimum Gasteiger partial charge on any atom is -0.508 e. The Labute approximate surface area is 216 Å². The van der Waals surface area contributed by atoms with Crippen LogP contribution in [0.2, 0.25) is 0 Å². The molecule has 4 nitrogen and oxygen atoms in total. The van der Waals surface area contributed by atoms with Crippen molar-refractivity contribution in [3.63, 3.8) is 0 Å². The van der Waals surface area contributed by atoms with Crippen LogP contribution in [0, 0.1) is 17.3 Å². The van der Waals surface area contributed by atoms with Crippen molar-refractivity contribution in [1.29, 1.82) is 0 Å². The normalized spacial score (nSPS) is 26.4. The number of fused-ring (bicyclic) bond motifs is 1. The summed E-state index contributed by atoms with van der Waals surface area (Å²) >= 11 is 0. The van der Waals surface area contributed by atoms with Crippen LogP contribution in [0.15, 0.2) is 66.8 Å². The number of nitrogens with zero attached hydrogens (tertiary/aromatic N) is 1. The highest BCUT2D eigenvalue weighted by molar-refractivity contribution is 5.51. The molecule has 0 bridgehead atoms. The second-order valence-corrected chi connectivity index (χ2v) is 11.2. The zero-order valence-electron chi connectivity index (χ0n) is 22.0. The number of hydrogen-bond acceptors (Lipinski definition) is 4. The second-order valence-electron chi connectivity index (χ2n) is 11.2. The Hall–Kier alpha value is -2.56. The maximum absolute atomic E-state index is 10.1. The van der Waals surface area contributed by atoms with Gasteiger partial charge in [-0.15, -0.1) is 0 Å². The smallest absolute Gasteiger partial charge is 0.157 e. The Morgan fingerprint density at radius 1 is 1.00 bits per heavy atom. The Kier molecular flexibility index (Phi) is 7.55. The lowest BCUT2D eigenvalue weighted by atomic mass is 9.59. The zero-order chi connectivity index (χ0) is 25.1. The average molecular weight is 488 g/mol. The largest absolute Gasteiger partial charge is 0.508 e. The number of phenols is 1. The fourth-order valence-corrected chi connectivity index (χ4v) is 6.83. The number of anilines is 1. The molecular weight excluding hydrogens is 446 g/mol. The van der Waals surface area contributed by atoms with Crippen LogP contribution in [0.3, 0.4) is 0 Å². The van der Waals surface area contributed by atoms with Gasteiger partial charge in [0.1, 0.15) is 5.75 Å². The molecule has 1 saturated heterocycles. The number of aromatic hydroxyl groups is 1. The van der Waals surface area contributed by atoms with Crippen molar-refractivity contribution in [3.05, 3.63) is 83.5 Å². The number of allylic oxidation sites excluding steroid dienone is 4. The number of piperidine rings is 1. The van der Waals surface area contributed by atoms with Gasteiger partial charge in [-0.05, 0) is 90.3 Å². The van der Waals surface area contributed by atoms with Crippen LogP contribution >= 0.6 is 0 Å². The van der Waals surface area contributed by atoms with Gasteiger partial charge < -0.3 is 19.5 Å². The first-order chi connectivity index (χ1) is 17.5. The fraction of sp³-hybridized carbons (Fsp3) is 0.500. The monoisotopic (exact) mass is 487 g/mol. The van der Waals surface area contributed by atoms with Gasteiger partial charge in [-0.25, -0.2) is 0 Å². The quantitative estimate of drug-likeness (QED) is 0.435. The molecule has 192 valence electrons. The third kappa shape index (κ3) is 5.12. The van der Waals surface area contributed by atoms with Gasteiger partial charge in [0.15, 0.2) is 6.29 Å². The maximum Gasteiger partial charge on any atom is 0.157 e. The molecule has 0 amide bonds. The summed E-state index contributed by atoms with van der Waals surface area (Å²) in [5.41, 5.74) is 5.52. The van der Waals surface area contributed by atoms with E-state index in [1.807, 2.05) is 12.1 Å². The third-order valence-corrected chi connectivity index (χ3v) is 9.00. The van der Waals surface area contributed by atoms with E-state index in [4.69, 9.17) is 9.47 Å². The van der Waals surface area contributed by atoms with E-state index < -0.39 is 0 Å². The van der Waals surface area contributed by atoms with Crippen molar-refractivity contribution >= 4 is 5.69 Å². The van der Waals surface area contributed by atoms with Crippen LogP contribution in [0.4, 0.5) is 5.69 Å². The van der Waals surface area contributed by atoms with E-state index in [1.165, 1.54) is 35.2 Å². The molecule has 2 aliphatic carbocycles. The molecule has 1 fully saturated rings. The summed E-state index contributed by atoms with van der Waals surface area (Å²) in [6, 6.07) is 15.4. The average Bonchev–Trinajstić information content (AvgIpc) is 2.92. The van der Waals surface area contributed by atoms with Gasteiger partial charge in [-0.1, -0.05) is 49.4 Å². The number of hydrogen-bond donors (Lipinski definition) is 1. The second kappa shape index (κ2) is 10.8. The zero-order valence-corrected chi connectivity index (χ0v) is 22.0. The summed E-state index contributed by atoms with van der Waals surface area (Å²) in [7, 11) is 3.45. The number of methoxy groups -OCH3 is 2. The molecule has 1 unspecified atom stereocenters. The summed E-state index contributed by atoms with van der Waals surface area (Å²) in [6.45, 7) is 4.58. The van der Waals surface area contributed by atoms with Crippen LogP contribution in [0.25, 0.3) is 0 Å². The molecule has 1 N–H and O–H groups in total. The standard InChI is InChI=1S/C32H41NO3/c1-32(17-5-4-6-18-32)29-14-9-25-22-27(34)12-13-28(25)31(29)24-7-10-26(11-8-24)33-19-15-23(16-20-33)21-30(35-2)36-3/h4-8,10-13,17,22-23,29-31,34H,9,14-16,18-21H2,1-3H3/t29-,31+,32?/m0/s1. The molecule has 2 aromatic carbocycles. The summed E-state index contributed by atoms with van der Waals surface area (Å²) in [4.78, 5) is 2.52. The van der Waals surface area contributed by atoms with E-state index in [2.05, 4.69) is 66.5 Å². The van der Waals surface area contributed by atoms with Crippen LogP contribution < -0.4 is 4.90 Å². The molecule has 2 aromatic rings. The summed E-state index contributed by atoms with van der Waals surface area (Å²) in [5.74, 6) is 1.88. The number of phenolic OH excluding ortho intramolecular Hbond substituents is 1. The SMILES string of the molecule is COC(CC1CCN(c2ccc([C@@H]3c4ccc(O)cc4CC[C@@H]3C3(C)C=CC=CC3)cc2)CC1)OC. The van der Waals surface area contributed by atoms with Gasteiger partial charge in [0.05, 0.1) is 0 Å². The minimum atomic E-state index is -0.0922. The van der Waals surface area contributed by atoms with Crippen LogP contribution in [-0.2, 0) is 15.9 Å². The van der Waals surface area contributed by atoms with Crippen molar-refractivity contribution in [2.75, 3.05) is 32.2 Å². The highest BCUT2D eigenvalue weighted by atomic mass is 16.7. The lowest BCUT2D eigenvalue weighted by Crippen LogP contribution is -2.36. The first kappa shape index (κ1) is 25.1. The minimum absolute atomic E-state index is 0.0922. The van der Waals surface area contributed by atoms with Gasteiger partial charge in [-0.2, -0.15) is 0 Å². The maximum atomic E-state index is 10.1. The van der Waals surface area contributed by atoms with E-state index in [-0.39, 0.29) is 11.7 Å². The fourth-order valence-electron chi connectivity index (χ4n) is 6.83. The van der Waals surface area contributed by atoms with Gasteiger partial charge in [-0.3, -0.25) is 0 Å². The first-order valence-corrected chi connectivity index (χ1v) is 13.6. The Balaban J connectivity index is 1.36. The molecule has 0 spiro atoms. The lowest BCUT2D eigenvalue weighted by molar-refractivity contribution is -0.115. The molecule has 1 heterocycles. The Morgan fingerprint density at radius 3 is 2.42 bits per heavy atom. The van der Waals surface area contributed by atoms with Gasteiger partial charge in [0, 0.05) is 45.3 Å². The molecule has 3 aliphatic rings. The van der Waals surface area contributed by atoms with E-state index in [1.54, 1.807) is 14.2 Å².